The summed E-state index contributed by atoms with van der Waals surface area (Å²) >= 11 is 1.58. The number of fused-ring (bicyclic) bond motifs is 1. The van der Waals surface area contributed by atoms with Crippen LogP contribution in [-0.2, 0) is 10.0 Å². The first-order valence-electron chi connectivity index (χ1n) is 6.15. The summed E-state index contributed by atoms with van der Waals surface area (Å²) in [5.41, 5.74) is 0.763. The van der Waals surface area contributed by atoms with Crippen molar-refractivity contribution in [1.29, 1.82) is 0 Å². The average Bonchev–Trinajstić information content (AvgIpc) is 2.78. The second kappa shape index (κ2) is 4.82. The second-order valence-electron chi connectivity index (χ2n) is 4.52. The summed E-state index contributed by atoms with van der Waals surface area (Å²) in [6, 6.07) is 5.20. The molecular formula is C12H15N3O2S2. The van der Waals surface area contributed by atoms with E-state index in [1.807, 2.05) is 13.0 Å². The molecule has 1 aromatic heterocycles. The van der Waals surface area contributed by atoms with Crippen molar-refractivity contribution in [3.8, 4) is 0 Å². The normalized spacial score (nSPS) is 17.9. The van der Waals surface area contributed by atoms with Gasteiger partial charge < -0.3 is 5.32 Å². The average molecular weight is 297 g/mol. The Morgan fingerprint density at radius 3 is 2.79 bits per heavy atom. The highest BCUT2D eigenvalue weighted by molar-refractivity contribution is 7.89. The van der Waals surface area contributed by atoms with Gasteiger partial charge in [-0.1, -0.05) is 0 Å². The number of thiazole rings is 1. The van der Waals surface area contributed by atoms with Crippen molar-refractivity contribution in [2.45, 2.75) is 11.8 Å². The first kappa shape index (κ1) is 13.0. The minimum atomic E-state index is -3.39. The monoisotopic (exact) mass is 297 g/mol. The lowest BCUT2D eigenvalue weighted by Gasteiger charge is -2.26. The lowest BCUT2D eigenvalue weighted by Crippen LogP contribution is -2.46. The second-order valence-corrected chi connectivity index (χ2v) is 7.69. The van der Waals surface area contributed by atoms with E-state index in [1.165, 1.54) is 4.31 Å². The van der Waals surface area contributed by atoms with E-state index in [0.29, 0.717) is 31.1 Å². The van der Waals surface area contributed by atoms with Crippen LogP contribution < -0.4 is 5.32 Å². The Labute approximate surface area is 116 Å². The number of aromatic nitrogens is 1. The summed E-state index contributed by atoms with van der Waals surface area (Å²) < 4.78 is 27.6. The summed E-state index contributed by atoms with van der Waals surface area (Å²) in [5.74, 6) is 0. The molecule has 1 saturated heterocycles. The molecule has 19 heavy (non-hydrogen) atoms. The minimum Gasteiger partial charge on any atom is -0.314 e. The van der Waals surface area contributed by atoms with Crippen LogP contribution in [0.25, 0.3) is 10.2 Å². The van der Waals surface area contributed by atoms with Crippen LogP contribution in [-0.4, -0.2) is 43.9 Å². The van der Waals surface area contributed by atoms with E-state index in [2.05, 4.69) is 10.3 Å². The van der Waals surface area contributed by atoms with Crippen LogP contribution in [0.4, 0.5) is 0 Å². The Morgan fingerprint density at radius 1 is 1.32 bits per heavy atom. The van der Waals surface area contributed by atoms with Gasteiger partial charge in [0.1, 0.15) is 0 Å². The van der Waals surface area contributed by atoms with Crippen molar-refractivity contribution in [3.05, 3.63) is 23.2 Å². The summed E-state index contributed by atoms with van der Waals surface area (Å²) in [6.45, 7) is 4.39. The van der Waals surface area contributed by atoms with Crippen LogP contribution in [0.1, 0.15) is 5.01 Å². The van der Waals surface area contributed by atoms with Crippen LogP contribution >= 0.6 is 11.3 Å². The summed E-state index contributed by atoms with van der Waals surface area (Å²) in [7, 11) is -3.39. The van der Waals surface area contributed by atoms with Gasteiger partial charge in [0.15, 0.2) is 0 Å². The van der Waals surface area contributed by atoms with Gasteiger partial charge in [-0.25, -0.2) is 13.4 Å². The molecule has 0 radical (unpaired) electrons. The summed E-state index contributed by atoms with van der Waals surface area (Å²) in [4.78, 5) is 4.70. The van der Waals surface area contributed by atoms with Crippen molar-refractivity contribution in [2.24, 2.45) is 0 Å². The molecule has 2 heterocycles. The quantitative estimate of drug-likeness (QED) is 0.905. The topological polar surface area (TPSA) is 62.3 Å². The molecule has 2 aromatic rings. The van der Waals surface area contributed by atoms with Crippen LogP contribution in [0.2, 0.25) is 0 Å². The number of sulfonamides is 1. The van der Waals surface area contributed by atoms with Gasteiger partial charge in [-0.3, -0.25) is 0 Å². The first-order chi connectivity index (χ1) is 9.07. The predicted molar refractivity (Wildman–Crippen MR) is 76.0 cm³/mol. The van der Waals surface area contributed by atoms with Gasteiger partial charge in [0.05, 0.1) is 20.1 Å². The zero-order valence-electron chi connectivity index (χ0n) is 10.6. The van der Waals surface area contributed by atoms with E-state index >= 15 is 0 Å². The van der Waals surface area contributed by atoms with Gasteiger partial charge >= 0.3 is 0 Å². The number of piperazine rings is 1. The molecule has 1 aliphatic rings. The van der Waals surface area contributed by atoms with E-state index in [0.717, 1.165) is 15.2 Å². The van der Waals surface area contributed by atoms with Gasteiger partial charge in [-0.2, -0.15) is 4.31 Å². The molecule has 0 unspecified atom stereocenters. The van der Waals surface area contributed by atoms with Gasteiger partial charge in [0.25, 0.3) is 0 Å². The number of benzene rings is 1. The first-order valence-corrected chi connectivity index (χ1v) is 8.41. The van der Waals surface area contributed by atoms with Crippen LogP contribution in [0.3, 0.4) is 0 Å². The molecule has 0 bridgehead atoms. The van der Waals surface area contributed by atoms with Crippen molar-refractivity contribution in [2.75, 3.05) is 26.2 Å². The number of aryl methyl sites for hydroxylation is 1. The summed E-state index contributed by atoms with van der Waals surface area (Å²) in [5, 5.41) is 4.11. The molecule has 0 atom stereocenters. The minimum absolute atomic E-state index is 0.340. The summed E-state index contributed by atoms with van der Waals surface area (Å²) in [6.07, 6.45) is 0. The molecule has 0 saturated carbocycles. The van der Waals surface area contributed by atoms with E-state index in [9.17, 15) is 8.42 Å². The fourth-order valence-electron chi connectivity index (χ4n) is 2.22. The molecule has 1 N–H and O–H groups in total. The Morgan fingerprint density at radius 2 is 2.05 bits per heavy atom. The maximum atomic E-state index is 12.5. The maximum absolute atomic E-state index is 12.5. The van der Waals surface area contributed by atoms with Gasteiger partial charge in [-0.05, 0) is 25.1 Å². The molecule has 1 fully saturated rings. The third kappa shape index (κ3) is 2.38. The third-order valence-electron chi connectivity index (χ3n) is 3.18. The molecule has 0 spiro atoms. The smallest absolute Gasteiger partial charge is 0.243 e. The molecule has 5 nitrogen and oxygen atoms in total. The highest BCUT2D eigenvalue weighted by Gasteiger charge is 2.26. The molecule has 1 aromatic carbocycles. The number of hydrogen-bond acceptors (Lipinski definition) is 5. The SMILES string of the molecule is Cc1nc2cc(S(=O)(=O)N3CCNCC3)ccc2s1. The van der Waals surface area contributed by atoms with Gasteiger partial charge in [0, 0.05) is 26.2 Å². The number of hydrogen-bond donors (Lipinski definition) is 1. The zero-order chi connectivity index (χ0) is 13.5. The lowest BCUT2D eigenvalue weighted by atomic mass is 10.3. The Balaban J connectivity index is 2.02. The van der Waals surface area contributed by atoms with Crippen molar-refractivity contribution in [3.63, 3.8) is 0 Å². The maximum Gasteiger partial charge on any atom is 0.243 e. The van der Waals surface area contributed by atoms with Gasteiger partial charge in [0.2, 0.25) is 10.0 Å². The highest BCUT2D eigenvalue weighted by atomic mass is 32.2. The molecule has 3 rings (SSSR count). The Bertz CT molecular complexity index is 703. The van der Waals surface area contributed by atoms with E-state index in [1.54, 1.807) is 23.5 Å². The largest absolute Gasteiger partial charge is 0.314 e. The van der Waals surface area contributed by atoms with Gasteiger partial charge in [-0.15, -0.1) is 11.3 Å². The van der Waals surface area contributed by atoms with Crippen LogP contribution in [0.5, 0.6) is 0 Å². The molecular weight excluding hydrogens is 282 g/mol. The number of nitrogens with one attached hydrogen (secondary N) is 1. The van der Waals surface area contributed by atoms with Crippen LogP contribution in [0.15, 0.2) is 23.1 Å². The zero-order valence-corrected chi connectivity index (χ0v) is 12.2. The molecule has 0 amide bonds. The number of nitrogens with zero attached hydrogens (tertiary/aromatic N) is 2. The lowest BCUT2D eigenvalue weighted by molar-refractivity contribution is 0.360. The van der Waals surface area contributed by atoms with E-state index in [4.69, 9.17) is 0 Å². The van der Waals surface area contributed by atoms with Crippen LogP contribution in [0, 0.1) is 6.92 Å². The van der Waals surface area contributed by atoms with E-state index in [-0.39, 0.29) is 0 Å². The Hall–Kier alpha value is -1.02. The van der Waals surface area contributed by atoms with Crippen molar-refractivity contribution >= 4 is 31.6 Å². The van der Waals surface area contributed by atoms with Crippen molar-refractivity contribution < 1.29 is 8.42 Å². The Kier molecular flexibility index (Phi) is 3.30. The molecule has 0 aliphatic carbocycles. The van der Waals surface area contributed by atoms with E-state index < -0.39 is 10.0 Å². The standard InChI is InChI=1S/C12H15N3O2S2/c1-9-14-11-8-10(2-3-12(11)18-9)19(16,17)15-6-4-13-5-7-15/h2-3,8,13H,4-7H2,1H3. The molecule has 1 aliphatic heterocycles. The number of rotatable bonds is 2. The highest BCUT2D eigenvalue weighted by Crippen LogP contribution is 2.25. The fourth-order valence-corrected chi connectivity index (χ4v) is 4.49. The molecule has 7 heteroatoms. The van der Waals surface area contributed by atoms with Crippen molar-refractivity contribution in [1.82, 2.24) is 14.6 Å². The fraction of sp³-hybridized carbons (Fsp3) is 0.417. The predicted octanol–water partition coefficient (Wildman–Crippen LogP) is 1.20. The molecule has 102 valence electrons. The third-order valence-corrected chi connectivity index (χ3v) is 6.03.